The molecule has 9 rings (SSSR count). The van der Waals surface area contributed by atoms with E-state index in [9.17, 15) is 5.11 Å². The second kappa shape index (κ2) is 17.1. The Morgan fingerprint density at radius 3 is 2.00 bits per heavy atom. The standard InChI is InChI=1S/C58H52N3O.Pt/c1-37-22-24-40(25-23-37)42-28-29-59-52(34-42)45-32-43(39-16-11-9-12-17-39)31-44(33-45)49-20-15-21-53-54(49)60-56(50-35-46(57(3,4)5)36-51(55(50)62)58(6,7)8)61(53)47-26-27-48(38(2)30-47)41-18-13-10-14-19-41;/h9-32,34-36,62H,1-8H3;/q-1;/i1D3,2D3,3D3,4D3,5D3,6D3,7D3,8D3;. The van der Waals surface area contributed by atoms with Crippen molar-refractivity contribution in [3.8, 4) is 78.6 Å². The molecule has 0 amide bonds. The number of hydrogen-bond donors (Lipinski definition) is 1. The van der Waals surface area contributed by atoms with Gasteiger partial charge in [0, 0.05) is 77.1 Å². The van der Waals surface area contributed by atoms with Gasteiger partial charge in [0.2, 0.25) is 0 Å². The predicted octanol–water partition coefficient (Wildman–Crippen LogP) is 15.1. The van der Waals surface area contributed by atoms with E-state index < -0.39 is 93.9 Å². The molecule has 7 aromatic carbocycles. The number of fused-ring (bicyclic) bond motifs is 1. The molecule has 2 aromatic heterocycles. The Kier molecular flexibility index (Phi) is 6.19. The summed E-state index contributed by atoms with van der Waals surface area (Å²) >= 11 is 0. The monoisotopic (exact) mass is 1030 g/mol. The van der Waals surface area contributed by atoms with Crippen LogP contribution < -0.4 is 0 Å². The number of aromatic hydroxyl groups is 1. The van der Waals surface area contributed by atoms with E-state index in [1.165, 1.54) is 41.0 Å². The summed E-state index contributed by atoms with van der Waals surface area (Å²) in [5, 5.41) is 13.0. The second-order valence-electron chi connectivity index (χ2n) is 15.0. The van der Waals surface area contributed by atoms with Crippen molar-refractivity contribution in [1.29, 1.82) is 0 Å². The summed E-state index contributed by atoms with van der Waals surface area (Å²) in [6.45, 7) is -30.3. The van der Waals surface area contributed by atoms with Crippen molar-refractivity contribution >= 4 is 11.0 Å². The smallest absolute Gasteiger partial charge is 0.148 e. The van der Waals surface area contributed by atoms with E-state index >= 15 is 0 Å². The number of benzene rings is 7. The number of pyridine rings is 1. The third-order valence-corrected chi connectivity index (χ3v) is 10.7. The number of hydrogen-bond acceptors (Lipinski definition) is 3. The maximum absolute atomic E-state index is 13.0. The van der Waals surface area contributed by atoms with Gasteiger partial charge in [0.25, 0.3) is 0 Å². The molecule has 316 valence electrons. The van der Waals surface area contributed by atoms with Gasteiger partial charge in [0.1, 0.15) is 11.6 Å². The first kappa shape index (κ1) is 22.8. The number of aromatic nitrogens is 3. The molecule has 4 nitrogen and oxygen atoms in total. The van der Waals surface area contributed by atoms with Gasteiger partial charge in [-0.2, -0.15) is 0 Å². The third-order valence-electron chi connectivity index (χ3n) is 10.7. The third kappa shape index (κ3) is 8.58. The van der Waals surface area contributed by atoms with Gasteiger partial charge in [0.05, 0.1) is 16.6 Å². The fraction of sp³-hybridized carbons (Fsp3) is 0.172. The number of imidazole rings is 1. The summed E-state index contributed by atoms with van der Waals surface area (Å²) in [4.78, 5) is 9.71. The van der Waals surface area contributed by atoms with Gasteiger partial charge < -0.3 is 5.11 Å². The van der Waals surface area contributed by atoms with Gasteiger partial charge in [-0.15, -0.1) is 23.8 Å². The number of phenols is 1. The number of phenolic OH excluding ortho intramolecular Hbond substituents is 1. The number of para-hydroxylation sites is 1. The largest absolute Gasteiger partial charge is 0.507 e. The van der Waals surface area contributed by atoms with Crippen molar-refractivity contribution in [2.24, 2.45) is 0 Å². The van der Waals surface area contributed by atoms with Crippen LogP contribution >= 0.6 is 0 Å². The summed E-state index contributed by atoms with van der Waals surface area (Å²) in [5.74, 6) is -2.14. The zero-order valence-electron chi connectivity index (χ0n) is 57.2. The van der Waals surface area contributed by atoms with Gasteiger partial charge in [-0.3, -0.25) is 9.55 Å². The van der Waals surface area contributed by atoms with Crippen molar-refractivity contribution in [3.05, 3.63) is 192 Å². The Morgan fingerprint density at radius 1 is 0.571 bits per heavy atom. The Bertz CT molecular complexity index is 3930. The number of nitrogens with zero attached hydrogens (tertiary/aromatic N) is 3. The van der Waals surface area contributed by atoms with Gasteiger partial charge in [0.15, 0.2) is 0 Å². The molecule has 0 atom stereocenters. The first-order valence-electron chi connectivity index (χ1n) is 31.5. The van der Waals surface area contributed by atoms with E-state index in [0.29, 0.717) is 50.7 Å². The van der Waals surface area contributed by atoms with Crippen molar-refractivity contribution in [1.82, 2.24) is 14.5 Å². The first-order chi connectivity index (χ1) is 39.6. The molecule has 0 saturated carbocycles. The van der Waals surface area contributed by atoms with E-state index in [2.05, 4.69) is 6.07 Å². The summed E-state index contributed by atoms with van der Waals surface area (Å²) in [6.07, 6.45) is 1.56. The van der Waals surface area contributed by atoms with E-state index in [1.807, 2.05) is 36.4 Å². The van der Waals surface area contributed by atoms with Crippen molar-refractivity contribution < 1.29 is 59.1 Å². The van der Waals surface area contributed by atoms with Gasteiger partial charge in [-0.1, -0.05) is 179 Å². The molecular formula is C58H52N3OPt-. The van der Waals surface area contributed by atoms with Crippen molar-refractivity contribution in [2.45, 2.75) is 65.6 Å². The zero-order chi connectivity index (χ0) is 63.3. The molecular weight excluding hydrogens is 950 g/mol. The molecule has 63 heavy (non-hydrogen) atoms. The number of rotatable bonds is 7. The Hall–Kier alpha value is -6.35. The Labute approximate surface area is 420 Å². The van der Waals surface area contributed by atoms with Crippen molar-refractivity contribution in [3.63, 3.8) is 0 Å². The van der Waals surface area contributed by atoms with Gasteiger partial charge >= 0.3 is 0 Å². The van der Waals surface area contributed by atoms with Crippen LogP contribution in [0.15, 0.2) is 164 Å². The predicted molar refractivity (Wildman–Crippen MR) is 259 cm³/mol. The van der Waals surface area contributed by atoms with Crippen LogP contribution in [0.5, 0.6) is 5.75 Å². The molecule has 5 heteroatoms. The van der Waals surface area contributed by atoms with Gasteiger partial charge in [-0.25, -0.2) is 4.98 Å². The Balaban J connectivity index is 0.00000982. The van der Waals surface area contributed by atoms with Crippen LogP contribution in [-0.2, 0) is 31.9 Å². The summed E-state index contributed by atoms with van der Waals surface area (Å²) in [7, 11) is 0. The molecule has 0 saturated heterocycles. The minimum atomic E-state index is -4.24. The maximum atomic E-state index is 13.0. The molecule has 0 aliphatic carbocycles. The average Bonchev–Trinajstić information content (AvgIpc) is 1.11. The van der Waals surface area contributed by atoms with Crippen LogP contribution in [0, 0.1) is 19.8 Å². The second-order valence-corrected chi connectivity index (χ2v) is 15.0. The van der Waals surface area contributed by atoms with Crippen LogP contribution in [0.1, 0.15) is 96.3 Å². The normalized spacial score (nSPS) is 19.0. The topological polar surface area (TPSA) is 50.9 Å². The fourth-order valence-electron chi connectivity index (χ4n) is 7.68. The minimum Gasteiger partial charge on any atom is -0.507 e. The summed E-state index contributed by atoms with van der Waals surface area (Å²) in [5.41, 5.74) is -7.74. The molecule has 0 aliphatic rings. The van der Waals surface area contributed by atoms with Crippen LogP contribution in [-0.4, -0.2) is 19.6 Å². The molecule has 0 unspecified atom stereocenters. The SMILES string of the molecule is [2H]C([2H])([2H])c1ccc(-c2ccnc(-c3[c-]c(-c4cccc5c4nc(-c4cc(C(C([2H])([2H])[2H])(C([2H])([2H])[2H])C([2H])([2H])[2H])cc(C(C([2H])([2H])[2H])(C([2H])([2H])[2H])C([2H])([2H])[2H])c4O)n5-c4ccc(-c5ccccc5)c(C([2H])([2H])[2H])c4)cc(-c4ccccc4)c3)c2)cc1.[Pt]. The van der Waals surface area contributed by atoms with Crippen LogP contribution in [0.2, 0.25) is 0 Å². The summed E-state index contributed by atoms with van der Waals surface area (Å²) < 4.78 is 208. The van der Waals surface area contributed by atoms with Crippen LogP contribution in [0.4, 0.5) is 0 Å². The van der Waals surface area contributed by atoms with Crippen LogP contribution in [0.25, 0.3) is 83.9 Å². The molecule has 0 fully saturated rings. The number of aryl methyl sites for hydroxylation is 2. The fourth-order valence-corrected chi connectivity index (χ4v) is 7.68. The van der Waals surface area contributed by atoms with E-state index in [1.54, 1.807) is 79.0 Å². The van der Waals surface area contributed by atoms with E-state index in [-0.39, 0.29) is 66.1 Å². The molecule has 0 bridgehead atoms. The molecule has 9 aromatic rings. The van der Waals surface area contributed by atoms with E-state index in [0.717, 1.165) is 0 Å². The molecule has 0 spiro atoms. The van der Waals surface area contributed by atoms with Crippen LogP contribution in [0.3, 0.4) is 0 Å². The molecule has 0 radical (unpaired) electrons. The maximum Gasteiger partial charge on any atom is 0.148 e. The Morgan fingerprint density at radius 2 is 1.29 bits per heavy atom. The minimum absolute atomic E-state index is 0. The first-order valence-corrected chi connectivity index (χ1v) is 19.5. The molecule has 0 aliphatic heterocycles. The zero-order valence-corrected chi connectivity index (χ0v) is 35.5. The average molecular weight is 1030 g/mol. The van der Waals surface area contributed by atoms with Gasteiger partial charge in [-0.05, 0) is 93.8 Å². The van der Waals surface area contributed by atoms with E-state index in [4.69, 9.17) is 42.9 Å². The van der Waals surface area contributed by atoms with Crippen molar-refractivity contribution in [2.75, 3.05) is 0 Å². The summed E-state index contributed by atoms with van der Waals surface area (Å²) in [6, 6.07) is 44.0. The molecule has 1 N–H and O–H groups in total. The molecule has 2 heterocycles. The quantitative estimate of drug-likeness (QED) is 0.162.